The van der Waals surface area contributed by atoms with Gasteiger partial charge in [0, 0.05) is 22.8 Å². The van der Waals surface area contributed by atoms with E-state index in [0.29, 0.717) is 0 Å². The molecule has 61 heavy (non-hydrogen) atoms. The molecule has 0 unspecified atom stereocenters. The molecule has 3 rings (SSSR count). The molecule has 350 valence electrons. The Morgan fingerprint density at radius 3 is 1.08 bits per heavy atom. The average molecular weight is 882 g/mol. The summed E-state index contributed by atoms with van der Waals surface area (Å²) in [5, 5.41) is 0. The zero-order valence-electron chi connectivity index (χ0n) is 41.1. The molecule has 0 saturated carbocycles. The monoisotopic (exact) mass is 881 g/mol. The van der Waals surface area contributed by atoms with Crippen LogP contribution in [0.25, 0.3) is 16.9 Å². The second-order valence-electron chi connectivity index (χ2n) is 18.2. The third-order valence-electron chi connectivity index (χ3n) is 12.2. The van der Waals surface area contributed by atoms with E-state index in [0.717, 1.165) is 48.2 Å². The number of hydrogen-bond donors (Lipinski definition) is 0. The summed E-state index contributed by atoms with van der Waals surface area (Å²) in [7, 11) is 0. The summed E-state index contributed by atoms with van der Waals surface area (Å²) in [5.41, 5.74) is 18.6. The Morgan fingerprint density at radius 1 is 0.426 bits per heavy atom. The zero-order chi connectivity index (χ0) is 43.7. The fourth-order valence-corrected chi connectivity index (χ4v) is 8.34. The number of allylic oxidation sites excluding steroid dienone is 2. The standard InChI is InChI=1S/C24H28N2.2C17H35.Ni/c1-4-5-6-7-12-22-17-23(20-13-8-10-18(2)15-20)26(25)24(22)21-14-9-11-19(3)16-21;2*1-3-5-7-9-11-13-15-17-16-14-12-10-8-6-4-2;/h8-11,13-17H,4-7,12H2,1-3H3;2*1,3-17H2,2H3;/q;2*-1;+2. The van der Waals surface area contributed by atoms with E-state index in [1.165, 1.54) is 220 Å². The van der Waals surface area contributed by atoms with Crippen LogP contribution in [-0.4, -0.2) is 4.70 Å². The number of rotatable bonds is 35. The van der Waals surface area contributed by atoms with E-state index in [9.17, 15) is 5.53 Å². The summed E-state index contributed by atoms with van der Waals surface area (Å²) >= 11 is 0. The molecule has 2 nitrogen and oxygen atoms in total. The Bertz CT molecular complexity index is 1300. The smallest absolute Gasteiger partial charge is 0.493 e. The number of unbranched alkanes of at least 4 members (excludes halogenated alkanes) is 31. The fraction of sp³-hybridized carbons (Fsp3) is 0.690. The molecular weight excluding hydrogens is 783 g/mol. The van der Waals surface area contributed by atoms with Crippen LogP contribution in [0.2, 0.25) is 0 Å². The maximum atomic E-state index is 11.0. The van der Waals surface area contributed by atoms with E-state index >= 15 is 0 Å². The Balaban J connectivity index is 0.000000916. The van der Waals surface area contributed by atoms with Crippen molar-refractivity contribution >= 4 is 11.4 Å². The Hall–Kier alpha value is -1.99. The van der Waals surface area contributed by atoms with Crippen molar-refractivity contribution in [2.45, 2.75) is 259 Å². The molecule has 2 aromatic carbocycles. The molecule has 0 aliphatic carbocycles. The molecule has 0 radical (unpaired) electrons. The topological polar surface area (TPSA) is 25.3 Å². The predicted octanol–water partition coefficient (Wildman–Crippen LogP) is 20.5. The molecule has 0 saturated heterocycles. The van der Waals surface area contributed by atoms with Crippen molar-refractivity contribution in [2.75, 3.05) is 0 Å². The largest absolute Gasteiger partial charge is 2.00 e. The number of benzene rings is 2. The molecule has 0 atom stereocenters. The van der Waals surface area contributed by atoms with Gasteiger partial charge in [0.25, 0.3) is 0 Å². The molecule has 0 fully saturated rings. The van der Waals surface area contributed by atoms with Crippen LogP contribution in [0.15, 0.2) is 60.2 Å². The van der Waals surface area contributed by atoms with Gasteiger partial charge in [-0.25, -0.2) is 4.70 Å². The van der Waals surface area contributed by atoms with Crippen LogP contribution >= 0.6 is 0 Å². The predicted molar refractivity (Wildman–Crippen MR) is 270 cm³/mol. The Labute approximate surface area is 391 Å². The van der Waals surface area contributed by atoms with E-state index in [4.69, 9.17) is 0 Å². The molecule has 1 aliphatic heterocycles. The first-order valence-electron chi connectivity index (χ1n) is 26.1. The molecule has 0 aromatic heterocycles. The van der Waals surface area contributed by atoms with E-state index in [1.54, 1.807) is 0 Å². The van der Waals surface area contributed by atoms with E-state index in [-0.39, 0.29) is 16.5 Å². The molecule has 3 heteroatoms. The van der Waals surface area contributed by atoms with Gasteiger partial charge in [0.15, 0.2) is 0 Å². The Morgan fingerprint density at radius 2 is 0.738 bits per heavy atom. The molecule has 1 aliphatic rings. The summed E-state index contributed by atoms with van der Waals surface area (Å²) in [6.45, 7) is 18.8. The molecule has 1 heterocycles. The maximum Gasteiger partial charge on any atom is 2.00 e. The van der Waals surface area contributed by atoms with Gasteiger partial charge in [0.05, 0.1) is 0 Å². The summed E-state index contributed by atoms with van der Waals surface area (Å²) < 4.78 is 1.39. The van der Waals surface area contributed by atoms with E-state index < -0.39 is 0 Å². The first-order chi connectivity index (χ1) is 29.4. The van der Waals surface area contributed by atoms with Gasteiger partial charge in [-0.15, -0.1) is 0 Å². The normalized spacial score (nSPS) is 12.1. The van der Waals surface area contributed by atoms with Crippen LogP contribution in [0.3, 0.4) is 0 Å². The van der Waals surface area contributed by atoms with Crippen LogP contribution in [0.1, 0.15) is 268 Å². The molecule has 0 N–H and O–H groups in total. The summed E-state index contributed by atoms with van der Waals surface area (Å²) in [6, 6.07) is 16.7. The molecule has 2 aromatic rings. The van der Waals surface area contributed by atoms with Crippen molar-refractivity contribution in [1.29, 1.82) is 0 Å². The van der Waals surface area contributed by atoms with Crippen molar-refractivity contribution in [3.05, 3.63) is 102 Å². The minimum absolute atomic E-state index is 0. The molecule has 0 bridgehead atoms. The van der Waals surface area contributed by atoms with Crippen LogP contribution in [0.5, 0.6) is 0 Å². The van der Waals surface area contributed by atoms with Crippen LogP contribution in [-0.2, 0) is 16.5 Å². The number of aryl methyl sites for hydroxylation is 2. The van der Waals surface area contributed by atoms with Gasteiger partial charge in [-0.3, -0.25) is 0 Å². The first-order valence-corrected chi connectivity index (χ1v) is 26.1. The van der Waals surface area contributed by atoms with Gasteiger partial charge in [-0.05, 0) is 51.0 Å². The van der Waals surface area contributed by atoms with Gasteiger partial charge in [0.2, 0.25) is 11.4 Å². The third-order valence-corrected chi connectivity index (χ3v) is 12.2. The third kappa shape index (κ3) is 31.5. The van der Waals surface area contributed by atoms with Crippen molar-refractivity contribution in [1.82, 2.24) is 0 Å². The average Bonchev–Trinajstić information content (AvgIpc) is 3.58. The maximum absolute atomic E-state index is 11.0. The molecule has 0 spiro atoms. The van der Waals surface area contributed by atoms with Crippen LogP contribution in [0.4, 0.5) is 0 Å². The van der Waals surface area contributed by atoms with Gasteiger partial charge in [-0.1, -0.05) is 255 Å². The second-order valence-corrected chi connectivity index (χ2v) is 18.2. The van der Waals surface area contributed by atoms with Gasteiger partial charge < -0.3 is 19.4 Å². The SMILES string of the molecule is CCCCCCC1=C(c2cccc(C)c2)[N+](=[N-])C(c2cccc(C)c2)=C1.[CH2-]CCCCCCCCCCCCCCCC.[CH2-]CCCCCCCCCCCCCCCC.[Ni+2]. The summed E-state index contributed by atoms with van der Waals surface area (Å²) in [5.74, 6) is 0. The van der Waals surface area contributed by atoms with Crippen molar-refractivity contribution in [3.63, 3.8) is 0 Å². The van der Waals surface area contributed by atoms with Gasteiger partial charge in [0.1, 0.15) is 0 Å². The second kappa shape index (κ2) is 43.3. The fourth-order valence-electron chi connectivity index (χ4n) is 8.34. The number of nitrogens with zero attached hydrogens (tertiary/aromatic N) is 2. The minimum atomic E-state index is 0. The van der Waals surface area contributed by atoms with E-state index in [2.05, 4.69) is 97.0 Å². The number of hydrogen-bond acceptors (Lipinski definition) is 0. The Kier molecular flexibility index (Phi) is 41.9. The van der Waals surface area contributed by atoms with Crippen molar-refractivity contribution in [3.8, 4) is 0 Å². The van der Waals surface area contributed by atoms with Crippen LogP contribution in [0, 0.1) is 27.7 Å². The van der Waals surface area contributed by atoms with E-state index in [1.807, 2.05) is 6.07 Å². The molecular formula is C58H98N2Ni. The molecule has 0 amide bonds. The van der Waals surface area contributed by atoms with Crippen molar-refractivity contribution in [2.24, 2.45) is 0 Å². The van der Waals surface area contributed by atoms with Gasteiger partial charge >= 0.3 is 16.5 Å². The summed E-state index contributed by atoms with van der Waals surface area (Å²) in [6.07, 6.45) is 50.7. The quantitative estimate of drug-likeness (QED) is 0.0285. The summed E-state index contributed by atoms with van der Waals surface area (Å²) in [4.78, 5) is 0. The van der Waals surface area contributed by atoms with Gasteiger partial charge in [-0.2, -0.15) is 12.8 Å². The van der Waals surface area contributed by atoms with Crippen LogP contribution < -0.4 is 0 Å². The zero-order valence-corrected chi connectivity index (χ0v) is 42.1. The minimum Gasteiger partial charge on any atom is -0.493 e. The first kappa shape index (κ1) is 59.0. The van der Waals surface area contributed by atoms with Crippen molar-refractivity contribution < 1.29 is 21.2 Å².